The number of hydrogen-bond acceptors (Lipinski definition) is 15. The maximum Gasteiger partial charge on any atom is 0.478 e. The molecule has 3 heterocycles. The van der Waals surface area contributed by atoms with Crippen LogP contribution in [0.5, 0.6) is 0 Å². The maximum absolute atomic E-state index is 12.2. The van der Waals surface area contributed by atoms with Gasteiger partial charge in [0.15, 0.2) is 6.29 Å². The Bertz CT molecular complexity index is 981. The molecule has 36 heavy (non-hydrogen) atoms. The van der Waals surface area contributed by atoms with Gasteiger partial charge in [0.05, 0.1) is 36.8 Å². The number of amides is 1. The number of aliphatic hydroxyl groups excluding tert-OH is 4. The zero-order valence-corrected chi connectivity index (χ0v) is 21.4. The van der Waals surface area contributed by atoms with Gasteiger partial charge in [0.1, 0.15) is 24.3 Å². The van der Waals surface area contributed by atoms with Gasteiger partial charge >= 0.3 is 7.82 Å². The Hall–Kier alpha value is -0.880. The molecule has 0 spiro atoms. The zero-order chi connectivity index (χ0) is 27.0. The van der Waals surface area contributed by atoms with Crippen LogP contribution in [-0.2, 0) is 36.8 Å². The Kier molecular flexibility index (Phi) is 9.46. The van der Waals surface area contributed by atoms with Crippen LogP contribution in [0.3, 0.4) is 0 Å². The minimum Gasteiger partial charge on any atom is -0.756 e. The van der Waals surface area contributed by atoms with Crippen molar-refractivity contribution >= 4 is 34.2 Å². The first-order valence-corrected chi connectivity index (χ1v) is 13.9. The van der Waals surface area contributed by atoms with E-state index in [0.717, 1.165) is 0 Å². The first kappa shape index (κ1) is 29.7. The van der Waals surface area contributed by atoms with E-state index in [0.29, 0.717) is 5.57 Å². The average Bonchev–Trinajstić information content (AvgIpc) is 3.14. The molecular weight excluding hydrogens is 550 g/mol. The summed E-state index contributed by atoms with van der Waals surface area (Å²) in [5, 5.41) is 40.8. The van der Waals surface area contributed by atoms with Crippen molar-refractivity contribution in [1.29, 1.82) is 0 Å². The van der Waals surface area contributed by atoms with Crippen LogP contribution >= 0.6 is 28.3 Å². The van der Waals surface area contributed by atoms with Gasteiger partial charge in [-0.15, -0.1) is 0 Å². The summed E-state index contributed by atoms with van der Waals surface area (Å²) in [7, 11) is -11.1. The highest BCUT2D eigenvalue weighted by molar-refractivity contribution is 7.81. The van der Waals surface area contributed by atoms with Gasteiger partial charge in [-0.25, -0.2) is 8.88 Å². The third-order valence-corrected chi connectivity index (χ3v) is 8.67. The second kappa shape index (κ2) is 11.5. The van der Waals surface area contributed by atoms with Gasteiger partial charge in [0.2, 0.25) is 0 Å². The predicted octanol–water partition coefficient (Wildman–Crippen LogP) is -2.37. The Morgan fingerprint density at radius 2 is 1.94 bits per heavy atom. The largest absolute Gasteiger partial charge is 0.756 e. The summed E-state index contributed by atoms with van der Waals surface area (Å²) in [6.07, 6.45) is -8.72. The number of hydrogen-bond donors (Lipinski definition) is 7. The summed E-state index contributed by atoms with van der Waals surface area (Å²) >= 11 is 3.95. The van der Waals surface area contributed by atoms with Gasteiger partial charge in [0.25, 0.3) is 13.7 Å². The molecule has 1 amide bonds. The van der Waals surface area contributed by atoms with Crippen molar-refractivity contribution < 1.29 is 67.0 Å². The number of carbonyl (C=O) groups is 1. The highest BCUT2D eigenvalue weighted by Gasteiger charge is 2.46. The Balaban J connectivity index is 1.56. The molecule has 3 aliphatic heterocycles. The smallest absolute Gasteiger partial charge is 0.478 e. The van der Waals surface area contributed by atoms with Crippen molar-refractivity contribution in [3.63, 3.8) is 0 Å². The number of nitrogens with zero attached hydrogens (tertiary/aromatic N) is 1. The average molecular weight is 577 g/mol. The molecule has 4 unspecified atom stereocenters. The van der Waals surface area contributed by atoms with Crippen molar-refractivity contribution in [2.75, 3.05) is 13.2 Å². The molecular formula is C17H27N2O14P2S-. The van der Waals surface area contributed by atoms with E-state index in [-0.39, 0.29) is 18.1 Å². The number of nitrogens with one attached hydrogen (secondary N) is 1. The van der Waals surface area contributed by atoms with Crippen molar-refractivity contribution in [3.8, 4) is 0 Å². The highest BCUT2D eigenvalue weighted by Crippen LogP contribution is 2.59. The molecule has 0 aliphatic carbocycles. The fourth-order valence-electron chi connectivity index (χ4n) is 3.55. The molecule has 0 bridgehead atoms. The normalized spacial score (nSPS) is 38.8. The fraction of sp³-hybridized carbons (Fsp3) is 0.706. The van der Waals surface area contributed by atoms with E-state index in [1.807, 2.05) is 0 Å². The van der Waals surface area contributed by atoms with Crippen molar-refractivity contribution in [2.45, 2.75) is 61.6 Å². The van der Waals surface area contributed by atoms with E-state index in [9.17, 15) is 44.1 Å². The first-order valence-electron chi connectivity index (χ1n) is 10.4. The summed E-state index contributed by atoms with van der Waals surface area (Å²) in [5.41, 5.74) is 0.342. The lowest BCUT2D eigenvalue weighted by atomic mass is 10.0. The molecule has 206 valence electrons. The molecule has 3 aliphatic rings. The molecule has 0 radical (unpaired) electrons. The summed E-state index contributed by atoms with van der Waals surface area (Å²) in [4.78, 5) is 35.1. The molecule has 0 aromatic carbocycles. The van der Waals surface area contributed by atoms with Crippen LogP contribution in [0.15, 0.2) is 24.2 Å². The maximum atomic E-state index is 12.2. The van der Waals surface area contributed by atoms with Crippen LogP contribution in [0.4, 0.5) is 0 Å². The van der Waals surface area contributed by atoms with Crippen LogP contribution in [-0.4, -0.2) is 97.6 Å². The van der Waals surface area contributed by atoms with Crippen molar-refractivity contribution in [3.05, 3.63) is 24.2 Å². The van der Waals surface area contributed by atoms with Gasteiger partial charge in [-0.2, -0.15) is 12.6 Å². The fourth-order valence-corrected chi connectivity index (χ4v) is 6.01. The van der Waals surface area contributed by atoms with E-state index < -0.39 is 77.1 Å². The second-order valence-electron chi connectivity index (χ2n) is 8.15. The van der Waals surface area contributed by atoms with Crippen molar-refractivity contribution in [2.24, 2.45) is 0 Å². The van der Waals surface area contributed by atoms with Gasteiger partial charge in [-0.3, -0.25) is 18.4 Å². The third-order valence-electron chi connectivity index (χ3n) is 5.46. The van der Waals surface area contributed by atoms with Gasteiger partial charge in [-0.1, -0.05) is 6.58 Å². The van der Waals surface area contributed by atoms with Crippen LogP contribution in [0, 0.1) is 0 Å². The molecule has 3 rings (SSSR count). The summed E-state index contributed by atoms with van der Waals surface area (Å²) in [6, 6.07) is 0. The first-order chi connectivity index (χ1) is 16.6. The van der Waals surface area contributed by atoms with Crippen LogP contribution in [0.1, 0.15) is 13.3 Å². The van der Waals surface area contributed by atoms with Crippen LogP contribution in [0.2, 0.25) is 0 Å². The minimum absolute atomic E-state index is 0.0101. The lowest BCUT2D eigenvalue weighted by molar-refractivity contribution is -0.279. The number of aliphatic hydroxyl groups is 4. The van der Waals surface area contributed by atoms with E-state index >= 15 is 0 Å². The second-order valence-corrected chi connectivity index (χ2v) is 11.7. The number of phosphoric acid groups is 2. The lowest BCUT2D eigenvalue weighted by Gasteiger charge is -2.41. The highest BCUT2D eigenvalue weighted by atomic mass is 32.1. The molecule has 0 saturated carbocycles. The Morgan fingerprint density at radius 3 is 2.58 bits per heavy atom. The molecule has 0 aromatic rings. The summed E-state index contributed by atoms with van der Waals surface area (Å²) < 4.78 is 48.1. The standard InChI is InChI=1S/C17H28N2O14P2S/c1-7-4-19(8(2)18-16(7)24)12-3-9(21)11(30-12)6-29-34(25,26)33-35(27,28)32-17-14(23)13(22)15(36)10(5-20)31-17/h4,9-15,17,20-23,36H,2-3,5-6H2,1H3,(H,18,24)(H,25,26)(H,27,28)/p-1/t9-,10?,11-,12-,13-,14?,15+,17+/m1/s1. The molecule has 0 aromatic heterocycles. The number of thiol groups is 1. The minimum atomic E-state index is -5.70. The monoisotopic (exact) mass is 577 g/mol. The summed E-state index contributed by atoms with van der Waals surface area (Å²) in [6.45, 7) is 3.74. The van der Waals surface area contributed by atoms with E-state index in [1.165, 1.54) is 11.1 Å². The number of phosphoric ester groups is 2. The van der Waals surface area contributed by atoms with E-state index in [1.54, 1.807) is 6.92 Å². The Morgan fingerprint density at radius 1 is 1.28 bits per heavy atom. The number of ether oxygens (including phenoxy) is 2. The molecule has 6 N–H and O–H groups in total. The molecule has 10 atom stereocenters. The quantitative estimate of drug-likeness (QED) is 0.112. The lowest BCUT2D eigenvalue weighted by Crippen LogP contribution is -2.57. The Labute approximate surface area is 210 Å². The zero-order valence-electron chi connectivity index (χ0n) is 18.7. The molecule has 2 saturated heterocycles. The number of carbonyl (C=O) groups excluding carboxylic acids is 1. The summed E-state index contributed by atoms with van der Waals surface area (Å²) in [5.74, 6) is -0.190. The molecule has 19 heteroatoms. The molecule has 2 fully saturated rings. The van der Waals surface area contributed by atoms with Gasteiger partial charge in [0, 0.05) is 18.2 Å². The van der Waals surface area contributed by atoms with E-state index in [2.05, 4.69) is 37.9 Å². The van der Waals surface area contributed by atoms with Crippen LogP contribution < -0.4 is 10.2 Å². The third kappa shape index (κ3) is 6.95. The predicted molar refractivity (Wildman–Crippen MR) is 118 cm³/mol. The van der Waals surface area contributed by atoms with E-state index in [4.69, 9.17) is 9.47 Å². The molecule has 16 nitrogen and oxygen atoms in total. The van der Waals surface area contributed by atoms with Gasteiger partial charge in [-0.05, 0) is 6.92 Å². The van der Waals surface area contributed by atoms with Gasteiger partial charge < -0.3 is 49.9 Å². The number of rotatable bonds is 9. The topological polar surface area (TPSA) is 237 Å². The SMILES string of the molecule is C=C1NC(=O)C(C)=CN1[C@H]1C[C@@H](O)[C@@H](COP(=O)(O)OP(=O)([O-])O[C@@H]2OC(CO)[C@H](S)[C@H](O)C2O)O1. The van der Waals surface area contributed by atoms with Crippen molar-refractivity contribution in [1.82, 2.24) is 10.2 Å². The van der Waals surface area contributed by atoms with Crippen LogP contribution in [0.25, 0.3) is 0 Å².